The van der Waals surface area contributed by atoms with Crippen LogP contribution in [0.5, 0.6) is 0 Å². The number of hydrogen-bond donors (Lipinski definition) is 1. The molecule has 2 N–H and O–H groups in total. The van der Waals surface area contributed by atoms with E-state index in [4.69, 9.17) is 5.73 Å². The Hall–Kier alpha value is -2.13. The summed E-state index contributed by atoms with van der Waals surface area (Å²) in [6.07, 6.45) is 2.74. The quantitative estimate of drug-likeness (QED) is 0.944. The number of nitrogens with zero attached hydrogens (tertiary/aromatic N) is 1. The van der Waals surface area contributed by atoms with E-state index < -0.39 is 0 Å². The van der Waals surface area contributed by atoms with Crippen LogP contribution in [-0.2, 0) is 10.2 Å². The van der Waals surface area contributed by atoms with Gasteiger partial charge in [-0.15, -0.1) is 0 Å². The van der Waals surface area contributed by atoms with Gasteiger partial charge in [0.15, 0.2) is 0 Å². The summed E-state index contributed by atoms with van der Waals surface area (Å²) in [5, 5.41) is 0. The molecule has 1 spiro atoms. The molecule has 0 aromatic heterocycles. The highest BCUT2D eigenvalue weighted by molar-refractivity contribution is 5.97. The fourth-order valence-corrected chi connectivity index (χ4v) is 3.55. The van der Waals surface area contributed by atoms with Gasteiger partial charge in [-0.2, -0.15) is 0 Å². The number of para-hydroxylation sites is 1. The van der Waals surface area contributed by atoms with E-state index in [9.17, 15) is 4.79 Å². The zero-order chi connectivity index (χ0) is 15.2. The maximum atomic E-state index is 12.8. The molecular weight excluding hydrogens is 272 g/mol. The molecule has 1 atom stereocenters. The first kappa shape index (κ1) is 13.5. The summed E-state index contributed by atoms with van der Waals surface area (Å²) in [7, 11) is 0. The van der Waals surface area contributed by atoms with Crippen molar-refractivity contribution >= 4 is 11.6 Å². The first-order valence-electron chi connectivity index (χ1n) is 7.90. The molecule has 4 rings (SSSR count). The van der Waals surface area contributed by atoms with Crippen LogP contribution in [0.3, 0.4) is 0 Å². The Morgan fingerprint density at radius 2 is 1.77 bits per heavy atom. The molecule has 0 bridgehead atoms. The zero-order valence-corrected chi connectivity index (χ0v) is 12.5. The predicted molar refractivity (Wildman–Crippen MR) is 87.7 cm³/mol. The molecule has 1 amide bonds. The van der Waals surface area contributed by atoms with Crippen LogP contribution >= 0.6 is 0 Å². The van der Waals surface area contributed by atoms with E-state index in [1.165, 1.54) is 18.4 Å². The largest absolute Gasteiger partial charge is 0.324 e. The van der Waals surface area contributed by atoms with Gasteiger partial charge in [-0.25, -0.2) is 0 Å². The smallest absolute Gasteiger partial charge is 0.228 e. The Morgan fingerprint density at radius 1 is 1.09 bits per heavy atom. The fraction of sp³-hybridized carbons (Fsp3) is 0.316. The molecule has 1 heterocycles. The molecular formula is C19H20N2O. The van der Waals surface area contributed by atoms with E-state index in [0.717, 1.165) is 17.8 Å². The Labute approximate surface area is 130 Å². The number of amides is 1. The van der Waals surface area contributed by atoms with Crippen molar-refractivity contribution in [3.63, 3.8) is 0 Å². The SMILES string of the molecule is N[C@H](CC(=O)N1CC2(CC2)c2ccccc21)c1ccccc1. The topological polar surface area (TPSA) is 46.3 Å². The predicted octanol–water partition coefficient (Wildman–Crippen LogP) is 3.15. The number of anilines is 1. The Balaban J connectivity index is 1.55. The van der Waals surface area contributed by atoms with Crippen molar-refractivity contribution in [2.45, 2.75) is 30.7 Å². The first-order valence-corrected chi connectivity index (χ1v) is 7.90. The Bertz CT molecular complexity index is 706. The summed E-state index contributed by atoms with van der Waals surface area (Å²) in [4.78, 5) is 14.7. The van der Waals surface area contributed by atoms with Crippen molar-refractivity contribution in [2.24, 2.45) is 5.73 Å². The average molecular weight is 292 g/mol. The van der Waals surface area contributed by atoms with Gasteiger partial charge in [0.1, 0.15) is 0 Å². The average Bonchev–Trinajstić information content (AvgIpc) is 3.26. The van der Waals surface area contributed by atoms with Gasteiger partial charge in [0.05, 0.1) is 0 Å². The van der Waals surface area contributed by atoms with Crippen molar-refractivity contribution < 1.29 is 4.79 Å². The third kappa shape index (κ3) is 2.13. The van der Waals surface area contributed by atoms with Crippen LogP contribution in [0, 0.1) is 0 Å². The van der Waals surface area contributed by atoms with Crippen LogP contribution in [0.1, 0.15) is 36.4 Å². The molecule has 112 valence electrons. The van der Waals surface area contributed by atoms with Gasteiger partial charge in [0.2, 0.25) is 5.91 Å². The number of fused-ring (bicyclic) bond motifs is 2. The number of carbonyl (C=O) groups excluding carboxylic acids is 1. The lowest BCUT2D eigenvalue weighted by molar-refractivity contribution is -0.118. The Morgan fingerprint density at radius 3 is 2.50 bits per heavy atom. The molecule has 22 heavy (non-hydrogen) atoms. The normalized spacial score (nSPS) is 19.0. The van der Waals surface area contributed by atoms with Gasteiger partial charge in [0, 0.05) is 30.1 Å². The summed E-state index contributed by atoms with van der Waals surface area (Å²) in [6, 6.07) is 17.9. The van der Waals surface area contributed by atoms with Crippen LogP contribution in [-0.4, -0.2) is 12.5 Å². The van der Waals surface area contributed by atoms with Crippen molar-refractivity contribution in [2.75, 3.05) is 11.4 Å². The summed E-state index contributed by atoms with van der Waals surface area (Å²) in [6.45, 7) is 0.826. The van der Waals surface area contributed by atoms with Gasteiger partial charge in [-0.05, 0) is 30.0 Å². The second-order valence-corrected chi connectivity index (χ2v) is 6.50. The lowest BCUT2D eigenvalue weighted by Gasteiger charge is -2.20. The lowest BCUT2D eigenvalue weighted by Crippen LogP contribution is -2.33. The minimum absolute atomic E-state index is 0.132. The Kier molecular flexibility index (Phi) is 3.05. The third-order valence-electron chi connectivity index (χ3n) is 5.00. The highest BCUT2D eigenvalue weighted by Crippen LogP contribution is 2.56. The first-order chi connectivity index (χ1) is 10.7. The second-order valence-electron chi connectivity index (χ2n) is 6.50. The molecule has 0 radical (unpaired) electrons. The molecule has 2 aromatic carbocycles. The fourth-order valence-electron chi connectivity index (χ4n) is 3.55. The molecule has 1 aliphatic carbocycles. The highest BCUT2D eigenvalue weighted by Gasteiger charge is 2.52. The molecule has 3 nitrogen and oxygen atoms in total. The van der Waals surface area contributed by atoms with Gasteiger partial charge in [-0.1, -0.05) is 48.5 Å². The van der Waals surface area contributed by atoms with Crippen LogP contribution in [0.4, 0.5) is 5.69 Å². The third-order valence-corrected chi connectivity index (χ3v) is 5.00. The van der Waals surface area contributed by atoms with Crippen LogP contribution in [0.15, 0.2) is 54.6 Å². The van der Waals surface area contributed by atoms with Crippen LogP contribution < -0.4 is 10.6 Å². The van der Waals surface area contributed by atoms with E-state index in [1.807, 2.05) is 41.3 Å². The number of carbonyl (C=O) groups is 1. The number of nitrogens with two attached hydrogens (primary N) is 1. The van der Waals surface area contributed by atoms with Gasteiger partial charge in [-0.3, -0.25) is 4.79 Å². The molecule has 1 saturated carbocycles. The van der Waals surface area contributed by atoms with Gasteiger partial charge in [0.25, 0.3) is 0 Å². The van der Waals surface area contributed by atoms with E-state index in [1.54, 1.807) is 0 Å². The molecule has 0 saturated heterocycles. The monoisotopic (exact) mass is 292 g/mol. The number of rotatable bonds is 3. The van der Waals surface area contributed by atoms with E-state index >= 15 is 0 Å². The summed E-state index contributed by atoms with van der Waals surface area (Å²) >= 11 is 0. The van der Waals surface area contributed by atoms with Crippen molar-refractivity contribution in [3.05, 3.63) is 65.7 Å². The molecule has 2 aromatic rings. The van der Waals surface area contributed by atoms with E-state index in [-0.39, 0.29) is 17.4 Å². The number of hydrogen-bond acceptors (Lipinski definition) is 2. The van der Waals surface area contributed by atoms with Crippen molar-refractivity contribution in [1.82, 2.24) is 0 Å². The zero-order valence-electron chi connectivity index (χ0n) is 12.5. The van der Waals surface area contributed by atoms with E-state index in [0.29, 0.717) is 6.42 Å². The summed E-state index contributed by atoms with van der Waals surface area (Å²) < 4.78 is 0. The standard InChI is InChI=1S/C19H20N2O/c20-16(14-6-2-1-3-7-14)12-18(22)21-13-19(10-11-19)15-8-4-5-9-17(15)21/h1-9,16H,10-13,20H2/t16-/m1/s1. The molecule has 1 fully saturated rings. The molecule has 1 aliphatic heterocycles. The summed E-state index contributed by atoms with van der Waals surface area (Å²) in [5.41, 5.74) is 9.91. The molecule has 3 heteroatoms. The maximum absolute atomic E-state index is 12.8. The van der Waals surface area contributed by atoms with Crippen molar-refractivity contribution in [1.29, 1.82) is 0 Å². The molecule has 0 unspecified atom stereocenters. The van der Waals surface area contributed by atoms with Crippen molar-refractivity contribution in [3.8, 4) is 0 Å². The molecule has 2 aliphatic rings. The maximum Gasteiger partial charge on any atom is 0.228 e. The van der Waals surface area contributed by atoms with Crippen LogP contribution in [0.25, 0.3) is 0 Å². The van der Waals surface area contributed by atoms with Gasteiger partial charge >= 0.3 is 0 Å². The second kappa shape index (κ2) is 4.96. The minimum Gasteiger partial charge on any atom is -0.324 e. The number of benzene rings is 2. The minimum atomic E-state index is -0.239. The summed E-state index contributed by atoms with van der Waals surface area (Å²) in [5.74, 6) is 0.132. The van der Waals surface area contributed by atoms with Crippen LogP contribution in [0.2, 0.25) is 0 Å². The van der Waals surface area contributed by atoms with Gasteiger partial charge < -0.3 is 10.6 Å². The highest BCUT2D eigenvalue weighted by atomic mass is 16.2. The van der Waals surface area contributed by atoms with E-state index in [2.05, 4.69) is 18.2 Å². The lowest BCUT2D eigenvalue weighted by atomic mass is 9.99.